The lowest BCUT2D eigenvalue weighted by Crippen LogP contribution is -2.23. The van der Waals surface area contributed by atoms with Gasteiger partial charge in [-0.3, -0.25) is 4.79 Å². The van der Waals surface area contributed by atoms with Crippen molar-refractivity contribution in [2.24, 2.45) is 5.10 Å². The maximum atomic E-state index is 13.4. The van der Waals surface area contributed by atoms with Gasteiger partial charge in [-0.1, -0.05) is 47.4 Å². The van der Waals surface area contributed by atoms with E-state index in [9.17, 15) is 4.79 Å². The molecule has 7 heteroatoms. The highest BCUT2D eigenvalue weighted by atomic mass is 79.9. The summed E-state index contributed by atoms with van der Waals surface area (Å²) in [5.74, 6) is 0.748. The number of rotatable bonds is 5. The predicted molar refractivity (Wildman–Crippen MR) is 140 cm³/mol. The minimum absolute atomic E-state index is 0.0874. The Morgan fingerprint density at radius 2 is 1.94 bits per heavy atom. The summed E-state index contributed by atoms with van der Waals surface area (Å²) in [4.78, 5) is 18.2. The van der Waals surface area contributed by atoms with E-state index in [-0.39, 0.29) is 11.5 Å². The van der Waals surface area contributed by atoms with Crippen LogP contribution in [-0.2, 0) is 0 Å². The quantitative estimate of drug-likeness (QED) is 0.265. The Morgan fingerprint density at radius 3 is 2.67 bits per heavy atom. The molecule has 1 atom stereocenters. The second-order valence-corrected chi connectivity index (χ2v) is 9.67. The Hall–Kier alpha value is -2.70. The molecule has 0 amide bonds. The Morgan fingerprint density at radius 1 is 1.18 bits per heavy atom. The Bertz CT molecular complexity index is 1450. The van der Waals surface area contributed by atoms with Gasteiger partial charge in [-0.2, -0.15) is 9.78 Å². The number of hydrogen-bond acceptors (Lipinski definition) is 3. The minimum atomic E-state index is -0.174. The van der Waals surface area contributed by atoms with E-state index in [2.05, 4.69) is 58.5 Å². The first-order valence-electron chi connectivity index (χ1n) is 10.9. The monoisotopic (exact) mass is 524 g/mol. The van der Waals surface area contributed by atoms with E-state index in [1.165, 1.54) is 4.68 Å². The number of aromatic nitrogens is 3. The first kappa shape index (κ1) is 23.5. The normalized spacial score (nSPS) is 12.7. The summed E-state index contributed by atoms with van der Waals surface area (Å²) in [7, 11) is 0. The third-order valence-corrected chi connectivity index (χ3v) is 7.05. The molecule has 0 N–H and O–H groups in total. The van der Waals surface area contributed by atoms with Gasteiger partial charge in [0.2, 0.25) is 0 Å². The molecule has 0 fully saturated rings. The fourth-order valence-electron chi connectivity index (χ4n) is 4.03. The van der Waals surface area contributed by atoms with Crippen molar-refractivity contribution >= 4 is 44.6 Å². The summed E-state index contributed by atoms with van der Waals surface area (Å²) in [5, 5.41) is 5.90. The maximum Gasteiger partial charge on any atom is 0.282 e. The third-order valence-electron chi connectivity index (χ3n) is 6.15. The van der Waals surface area contributed by atoms with Crippen molar-refractivity contribution in [3.05, 3.63) is 90.7 Å². The van der Waals surface area contributed by atoms with Crippen molar-refractivity contribution < 1.29 is 0 Å². The van der Waals surface area contributed by atoms with E-state index < -0.39 is 0 Å². The van der Waals surface area contributed by atoms with Crippen molar-refractivity contribution in [1.29, 1.82) is 0 Å². The fourth-order valence-corrected chi connectivity index (χ4v) is 4.56. The maximum absolute atomic E-state index is 13.4. The first-order valence-corrected chi connectivity index (χ1v) is 12.1. The van der Waals surface area contributed by atoms with Crippen LogP contribution in [0, 0.1) is 20.8 Å². The summed E-state index contributed by atoms with van der Waals surface area (Å²) in [6.45, 7) is 10.3. The number of fused-ring (bicyclic) bond motifs is 1. The lowest BCUT2D eigenvalue weighted by atomic mass is 10.1. The molecular weight excluding hydrogens is 500 g/mol. The van der Waals surface area contributed by atoms with Gasteiger partial charge in [0.15, 0.2) is 0 Å². The van der Waals surface area contributed by atoms with Gasteiger partial charge in [-0.15, -0.1) is 0 Å². The largest absolute Gasteiger partial charge is 0.318 e. The second kappa shape index (κ2) is 9.27. The zero-order chi connectivity index (χ0) is 23.9. The molecule has 0 saturated carbocycles. The van der Waals surface area contributed by atoms with Gasteiger partial charge in [0.25, 0.3) is 5.56 Å². The number of aryl methyl sites for hydroxylation is 1. The topological polar surface area (TPSA) is 52.2 Å². The van der Waals surface area contributed by atoms with Gasteiger partial charge in [-0.25, -0.2) is 4.98 Å². The van der Waals surface area contributed by atoms with Crippen molar-refractivity contribution in [2.45, 2.75) is 47.0 Å². The van der Waals surface area contributed by atoms with E-state index in [0.29, 0.717) is 16.7 Å². The van der Waals surface area contributed by atoms with Crippen molar-refractivity contribution in [1.82, 2.24) is 14.2 Å². The molecular formula is C26H26BrClN4O. The molecule has 0 radical (unpaired) electrons. The molecule has 0 aliphatic carbocycles. The number of hydrogen-bond donors (Lipinski definition) is 0. The van der Waals surface area contributed by atoms with Gasteiger partial charge in [0.05, 0.1) is 17.1 Å². The SMILES string of the molecule is CC[C@H](C)c1nc2ccc(Br)cc2c(=O)n1N=Cc1cc(C)n(-c2cccc(Cl)c2C)c1C. The van der Waals surface area contributed by atoms with Crippen LogP contribution >= 0.6 is 27.5 Å². The average Bonchev–Trinajstić information content (AvgIpc) is 3.07. The molecule has 2 heterocycles. The number of benzene rings is 2. The lowest BCUT2D eigenvalue weighted by molar-refractivity contribution is 0.613. The van der Waals surface area contributed by atoms with Crippen LogP contribution in [0.1, 0.15) is 54.5 Å². The Balaban J connectivity index is 1.86. The molecule has 0 aliphatic heterocycles. The van der Waals surface area contributed by atoms with E-state index >= 15 is 0 Å². The lowest BCUT2D eigenvalue weighted by Gasteiger charge is -2.14. The summed E-state index contributed by atoms with van der Waals surface area (Å²) < 4.78 is 4.44. The molecule has 0 bridgehead atoms. The fraction of sp³-hybridized carbons (Fsp3) is 0.269. The van der Waals surface area contributed by atoms with Crippen LogP contribution in [0.25, 0.3) is 16.6 Å². The molecule has 0 spiro atoms. The molecule has 33 heavy (non-hydrogen) atoms. The van der Waals surface area contributed by atoms with E-state index in [1.807, 2.05) is 38.1 Å². The van der Waals surface area contributed by atoms with E-state index in [0.717, 1.165) is 44.1 Å². The standard InChI is InChI=1S/C26H26BrClN4O/c1-6-15(2)25-30-23-11-10-20(27)13-21(23)26(33)32(25)29-14-19-12-16(3)31(18(19)5)24-9-7-8-22(28)17(24)4/h7-15H,6H2,1-5H3/t15-/m0/s1. The zero-order valence-corrected chi connectivity index (χ0v) is 21.7. The predicted octanol–water partition coefficient (Wildman–Crippen LogP) is 6.92. The Kier molecular flexibility index (Phi) is 6.59. The highest BCUT2D eigenvalue weighted by molar-refractivity contribution is 9.10. The van der Waals surface area contributed by atoms with Crippen LogP contribution in [0.2, 0.25) is 5.02 Å². The van der Waals surface area contributed by atoms with Crippen LogP contribution in [0.15, 0.2) is 56.8 Å². The van der Waals surface area contributed by atoms with Crippen LogP contribution in [0.3, 0.4) is 0 Å². The molecule has 2 aromatic carbocycles. The third kappa shape index (κ3) is 4.30. The van der Waals surface area contributed by atoms with E-state index in [4.69, 9.17) is 16.6 Å². The van der Waals surface area contributed by atoms with Gasteiger partial charge in [-0.05, 0) is 69.2 Å². The summed E-state index contributed by atoms with van der Waals surface area (Å²) >= 11 is 9.82. The number of nitrogens with zero attached hydrogens (tertiary/aromatic N) is 4. The van der Waals surface area contributed by atoms with Crippen LogP contribution in [-0.4, -0.2) is 20.4 Å². The molecule has 2 aromatic heterocycles. The molecule has 0 saturated heterocycles. The average molecular weight is 526 g/mol. The molecule has 4 rings (SSSR count). The van der Waals surface area contributed by atoms with Gasteiger partial charge in [0, 0.05) is 38.1 Å². The zero-order valence-electron chi connectivity index (χ0n) is 19.4. The smallest absolute Gasteiger partial charge is 0.282 e. The van der Waals surface area contributed by atoms with Crippen LogP contribution in [0.5, 0.6) is 0 Å². The molecule has 0 unspecified atom stereocenters. The van der Waals surface area contributed by atoms with Gasteiger partial charge >= 0.3 is 0 Å². The van der Waals surface area contributed by atoms with Gasteiger partial charge in [0.1, 0.15) is 5.82 Å². The Labute approximate surface area is 206 Å². The molecule has 4 aromatic rings. The van der Waals surface area contributed by atoms with Crippen LogP contribution in [0.4, 0.5) is 0 Å². The summed E-state index contributed by atoms with van der Waals surface area (Å²) in [6.07, 6.45) is 2.60. The summed E-state index contributed by atoms with van der Waals surface area (Å²) in [6, 6.07) is 13.5. The van der Waals surface area contributed by atoms with Crippen molar-refractivity contribution in [3.63, 3.8) is 0 Å². The van der Waals surface area contributed by atoms with E-state index in [1.54, 1.807) is 12.3 Å². The first-order chi connectivity index (χ1) is 15.7. The molecule has 0 aliphatic rings. The second-order valence-electron chi connectivity index (χ2n) is 8.35. The number of halogens is 2. The minimum Gasteiger partial charge on any atom is -0.318 e. The highest BCUT2D eigenvalue weighted by Gasteiger charge is 2.17. The van der Waals surface area contributed by atoms with Gasteiger partial charge < -0.3 is 4.57 Å². The van der Waals surface area contributed by atoms with Crippen LogP contribution < -0.4 is 5.56 Å². The summed E-state index contributed by atoms with van der Waals surface area (Å²) in [5.41, 5.74) is 5.58. The molecule has 170 valence electrons. The highest BCUT2D eigenvalue weighted by Crippen LogP contribution is 2.27. The van der Waals surface area contributed by atoms with Crippen molar-refractivity contribution in [2.75, 3.05) is 0 Å². The van der Waals surface area contributed by atoms with Crippen molar-refractivity contribution in [3.8, 4) is 5.69 Å². The molecule has 5 nitrogen and oxygen atoms in total.